The predicted octanol–water partition coefficient (Wildman–Crippen LogP) is 2.37. The summed E-state index contributed by atoms with van der Waals surface area (Å²) < 4.78 is 2.36. The number of nitrogens with zero attached hydrogens (tertiary/aromatic N) is 2. The molecule has 1 aromatic heterocycles. The van der Waals surface area contributed by atoms with E-state index in [2.05, 4.69) is 112 Å². The van der Waals surface area contributed by atoms with Crippen LogP contribution in [0.25, 0.3) is 22.1 Å². The van der Waals surface area contributed by atoms with E-state index in [1.54, 1.807) is 0 Å². The van der Waals surface area contributed by atoms with Gasteiger partial charge in [0.25, 0.3) is 0 Å². The molecule has 1 aliphatic heterocycles. The summed E-state index contributed by atoms with van der Waals surface area (Å²) in [5, 5.41) is 4.02. The van der Waals surface area contributed by atoms with Gasteiger partial charge in [-0.2, -0.15) is 0 Å². The van der Waals surface area contributed by atoms with Crippen molar-refractivity contribution in [3.63, 3.8) is 0 Å². The molecule has 3 heteroatoms. The maximum absolute atomic E-state index is 2.49. The van der Waals surface area contributed by atoms with E-state index in [1.807, 2.05) is 0 Å². The molecule has 2 heterocycles. The highest BCUT2D eigenvalue weighted by molar-refractivity contribution is 6.85. The average molecular weight is 355 g/mol. The highest BCUT2D eigenvalue weighted by Crippen LogP contribution is 2.30. The minimum absolute atomic E-state index is 0.0687. The van der Waals surface area contributed by atoms with E-state index in [9.17, 15) is 0 Å². The van der Waals surface area contributed by atoms with Gasteiger partial charge < -0.3 is 4.81 Å². The van der Waals surface area contributed by atoms with E-state index in [0.29, 0.717) is 0 Å². The topological polar surface area (TPSA) is 7.12 Å². The van der Waals surface area contributed by atoms with Gasteiger partial charge in [0.15, 0.2) is 5.59 Å². The summed E-state index contributed by atoms with van der Waals surface area (Å²) in [6, 6.07) is 22.0. The Labute approximate surface area is 162 Å². The van der Waals surface area contributed by atoms with Crippen molar-refractivity contribution >= 4 is 34.5 Å². The standard InChI is InChI=1S/C24H28BN2/c1-17-19-12-8-9-13-20(19)23(24(2,3)4)27(6)25(17)22-16-15-18-11-7-10-14-21(18)26(22)5/h7-16H,1-6H3/q+1. The molecule has 0 amide bonds. The fraction of sp³-hybridized carbons (Fsp3) is 0.292. The number of aromatic nitrogens is 1. The largest absolute Gasteiger partial charge is 0.407 e. The number of fused-ring (bicyclic) bond motifs is 2. The van der Waals surface area contributed by atoms with Gasteiger partial charge in [0, 0.05) is 22.6 Å². The van der Waals surface area contributed by atoms with Crippen LogP contribution in [0.5, 0.6) is 0 Å². The Morgan fingerprint density at radius 2 is 1.48 bits per heavy atom. The average Bonchev–Trinajstić information content (AvgIpc) is 2.63. The van der Waals surface area contributed by atoms with Crippen LogP contribution in [0.15, 0.2) is 60.7 Å². The van der Waals surface area contributed by atoms with Gasteiger partial charge in [-0.25, -0.2) is 4.57 Å². The van der Waals surface area contributed by atoms with Gasteiger partial charge in [-0.1, -0.05) is 62.6 Å². The lowest BCUT2D eigenvalue weighted by atomic mass is 9.48. The number of aryl methyl sites for hydroxylation is 1. The molecule has 2 aromatic carbocycles. The Kier molecular flexibility index (Phi) is 4.14. The Bertz CT molecular complexity index is 1150. The molecule has 4 rings (SSSR count). The molecule has 0 spiro atoms. The van der Waals surface area contributed by atoms with E-state index in [0.717, 1.165) is 0 Å². The Hall–Kier alpha value is -2.55. The Morgan fingerprint density at radius 3 is 2.19 bits per heavy atom. The van der Waals surface area contributed by atoms with E-state index in [4.69, 9.17) is 0 Å². The SMILES string of the molecule is CC1=c2ccccc2=C(C(C)(C)C)N(C)B1c1ccc2ccccc2[n+]1C. The van der Waals surface area contributed by atoms with Gasteiger partial charge in [-0.3, -0.25) is 0 Å². The van der Waals surface area contributed by atoms with Gasteiger partial charge >= 0.3 is 6.85 Å². The summed E-state index contributed by atoms with van der Waals surface area (Å²) in [5.74, 6) is 0. The fourth-order valence-corrected chi connectivity index (χ4v) is 4.78. The molecule has 0 fully saturated rings. The molecular formula is C24H28BN2+. The summed E-state index contributed by atoms with van der Waals surface area (Å²) in [7, 11) is 4.44. The van der Waals surface area contributed by atoms with Crippen molar-refractivity contribution in [2.45, 2.75) is 27.7 Å². The van der Waals surface area contributed by atoms with Crippen LogP contribution in [-0.2, 0) is 7.05 Å². The minimum Gasteiger partial charge on any atom is -0.407 e. The van der Waals surface area contributed by atoms with Crippen LogP contribution in [0.1, 0.15) is 27.7 Å². The van der Waals surface area contributed by atoms with Gasteiger partial charge in [-0.15, -0.1) is 0 Å². The molecule has 27 heavy (non-hydrogen) atoms. The van der Waals surface area contributed by atoms with Crippen LogP contribution < -0.4 is 20.6 Å². The maximum Gasteiger partial charge on any atom is 0.399 e. The summed E-state index contributed by atoms with van der Waals surface area (Å²) in [6.07, 6.45) is 0. The fourth-order valence-electron chi connectivity index (χ4n) is 4.78. The van der Waals surface area contributed by atoms with Crippen LogP contribution in [-0.4, -0.2) is 18.7 Å². The lowest BCUT2D eigenvalue weighted by Gasteiger charge is -2.38. The Morgan fingerprint density at radius 1 is 0.852 bits per heavy atom. The van der Waals surface area contributed by atoms with Gasteiger partial charge in [0.1, 0.15) is 7.05 Å². The molecule has 0 saturated heterocycles. The number of hydrogen-bond donors (Lipinski definition) is 0. The first-order chi connectivity index (χ1) is 12.8. The van der Waals surface area contributed by atoms with Crippen LogP contribution in [0.4, 0.5) is 0 Å². The smallest absolute Gasteiger partial charge is 0.399 e. The van der Waals surface area contributed by atoms with Crippen molar-refractivity contribution in [3.8, 4) is 0 Å². The predicted molar refractivity (Wildman–Crippen MR) is 116 cm³/mol. The monoisotopic (exact) mass is 355 g/mol. The number of hydrogen-bond acceptors (Lipinski definition) is 1. The molecule has 0 N–H and O–H groups in total. The second-order valence-corrected chi connectivity index (χ2v) is 8.72. The molecule has 2 nitrogen and oxygen atoms in total. The van der Waals surface area contributed by atoms with E-state index >= 15 is 0 Å². The van der Waals surface area contributed by atoms with Crippen LogP contribution in [0.3, 0.4) is 0 Å². The first-order valence-corrected chi connectivity index (χ1v) is 9.72. The number of rotatable bonds is 1. The zero-order valence-corrected chi connectivity index (χ0v) is 17.2. The second-order valence-electron chi connectivity index (χ2n) is 8.72. The maximum atomic E-state index is 2.49. The van der Waals surface area contributed by atoms with Gasteiger partial charge in [-0.05, 0) is 42.6 Å². The van der Waals surface area contributed by atoms with E-state index in [1.165, 1.54) is 38.1 Å². The summed E-state index contributed by atoms with van der Waals surface area (Å²) >= 11 is 0. The third-order valence-corrected chi connectivity index (χ3v) is 5.87. The van der Waals surface area contributed by atoms with Gasteiger partial charge in [0.05, 0.1) is 0 Å². The molecule has 1 aliphatic rings. The lowest BCUT2D eigenvalue weighted by molar-refractivity contribution is -0.627. The highest BCUT2D eigenvalue weighted by Gasteiger charge is 2.39. The van der Waals surface area contributed by atoms with Crippen LogP contribution in [0.2, 0.25) is 0 Å². The first kappa shape index (κ1) is 17.8. The third kappa shape index (κ3) is 2.77. The van der Waals surface area contributed by atoms with Crippen molar-refractivity contribution in [2.24, 2.45) is 12.5 Å². The lowest BCUT2D eigenvalue weighted by Crippen LogP contribution is -2.65. The number of pyridine rings is 1. The summed E-state index contributed by atoms with van der Waals surface area (Å²) in [5.41, 5.74) is 5.48. The second kappa shape index (κ2) is 6.26. The molecule has 0 radical (unpaired) electrons. The van der Waals surface area contributed by atoms with Gasteiger partial charge in [0.2, 0.25) is 5.52 Å². The quantitative estimate of drug-likeness (QED) is 0.480. The van der Waals surface area contributed by atoms with Crippen molar-refractivity contribution in [2.75, 3.05) is 7.05 Å². The van der Waals surface area contributed by atoms with E-state index < -0.39 is 0 Å². The number of benzene rings is 2. The molecule has 3 aromatic rings. The molecule has 0 unspecified atom stereocenters. The third-order valence-electron chi connectivity index (χ3n) is 5.87. The van der Waals surface area contributed by atoms with Crippen LogP contribution in [0, 0.1) is 5.41 Å². The Balaban J connectivity index is 2.04. The summed E-state index contributed by atoms with van der Waals surface area (Å²) in [4.78, 5) is 2.49. The highest BCUT2D eigenvalue weighted by atomic mass is 15.1. The summed E-state index contributed by atoms with van der Waals surface area (Å²) in [6.45, 7) is 9.45. The normalized spacial score (nSPS) is 14.7. The minimum atomic E-state index is 0.0687. The van der Waals surface area contributed by atoms with Crippen molar-refractivity contribution in [1.82, 2.24) is 4.81 Å². The van der Waals surface area contributed by atoms with E-state index in [-0.39, 0.29) is 12.3 Å². The van der Waals surface area contributed by atoms with Crippen molar-refractivity contribution in [1.29, 1.82) is 0 Å². The molecular weight excluding hydrogens is 327 g/mol. The molecule has 0 atom stereocenters. The van der Waals surface area contributed by atoms with Crippen LogP contribution >= 0.6 is 0 Å². The van der Waals surface area contributed by atoms with Crippen molar-refractivity contribution < 1.29 is 4.57 Å². The molecule has 0 saturated carbocycles. The molecule has 0 bridgehead atoms. The zero-order valence-electron chi connectivity index (χ0n) is 17.2. The van der Waals surface area contributed by atoms with Crippen molar-refractivity contribution in [3.05, 3.63) is 71.1 Å². The first-order valence-electron chi connectivity index (χ1n) is 9.72. The molecule has 0 aliphatic carbocycles. The zero-order chi connectivity index (χ0) is 19.3. The number of para-hydroxylation sites is 1. The molecule has 136 valence electrons.